The molecule has 3 heteroatoms. The Kier molecular flexibility index (Phi) is 2.54. The zero-order chi connectivity index (χ0) is 11.8. The molecule has 1 heterocycles. The summed E-state index contributed by atoms with van der Waals surface area (Å²) in [6, 6.07) is 8.82. The Balaban J connectivity index is 1.68. The Morgan fingerprint density at radius 2 is 2.18 bits per heavy atom. The number of hydrogen-bond acceptors (Lipinski definition) is 2. The summed E-state index contributed by atoms with van der Waals surface area (Å²) in [5, 5.41) is 3.37. The minimum atomic E-state index is 0.288. The second kappa shape index (κ2) is 4.06. The normalized spacial score (nSPS) is 21.8. The number of rotatable bonds is 3. The van der Waals surface area contributed by atoms with E-state index >= 15 is 0 Å². The number of hydrogen-bond donors (Lipinski definition) is 1. The number of amides is 1. The molecule has 1 unspecified atom stereocenters. The van der Waals surface area contributed by atoms with E-state index < -0.39 is 0 Å². The minimum Gasteiger partial charge on any atom is -0.384 e. The Morgan fingerprint density at radius 1 is 1.41 bits per heavy atom. The highest BCUT2D eigenvalue weighted by Gasteiger charge is 2.32. The molecule has 1 atom stereocenters. The lowest BCUT2D eigenvalue weighted by Crippen LogP contribution is -2.30. The fourth-order valence-corrected chi connectivity index (χ4v) is 2.56. The highest BCUT2D eigenvalue weighted by molar-refractivity contribution is 5.78. The van der Waals surface area contributed by atoms with Crippen molar-refractivity contribution >= 4 is 11.6 Å². The summed E-state index contributed by atoms with van der Waals surface area (Å²) in [5.41, 5.74) is 2.49. The van der Waals surface area contributed by atoms with Crippen LogP contribution in [-0.2, 0) is 4.79 Å². The van der Waals surface area contributed by atoms with Crippen LogP contribution in [0.3, 0.4) is 0 Å². The third kappa shape index (κ3) is 2.02. The zero-order valence-electron chi connectivity index (χ0n) is 10.1. The van der Waals surface area contributed by atoms with Gasteiger partial charge < -0.3 is 10.2 Å². The zero-order valence-corrected chi connectivity index (χ0v) is 10.1. The van der Waals surface area contributed by atoms with E-state index in [2.05, 4.69) is 17.4 Å². The van der Waals surface area contributed by atoms with Gasteiger partial charge in [-0.1, -0.05) is 18.2 Å². The first kappa shape index (κ1) is 10.6. The number of anilines is 1. The molecule has 1 saturated carbocycles. The van der Waals surface area contributed by atoms with Crippen molar-refractivity contribution in [3.63, 3.8) is 0 Å². The van der Waals surface area contributed by atoms with E-state index in [1.54, 1.807) is 0 Å². The maximum Gasteiger partial charge on any atom is 0.223 e. The molecule has 2 aliphatic rings. The smallest absolute Gasteiger partial charge is 0.223 e. The number of nitrogens with zero attached hydrogens (tertiary/aromatic N) is 1. The topological polar surface area (TPSA) is 32.3 Å². The summed E-state index contributed by atoms with van der Waals surface area (Å²) in [4.78, 5) is 14.0. The van der Waals surface area contributed by atoms with E-state index in [0.717, 1.165) is 6.54 Å². The molecule has 1 aliphatic heterocycles. The summed E-state index contributed by atoms with van der Waals surface area (Å²) < 4.78 is 0. The fourth-order valence-electron chi connectivity index (χ4n) is 2.56. The second-order valence-electron chi connectivity index (χ2n) is 5.11. The lowest BCUT2D eigenvalue weighted by atomic mass is 9.97. The predicted octanol–water partition coefficient (Wildman–Crippen LogP) is 2.21. The largest absolute Gasteiger partial charge is 0.384 e. The Morgan fingerprint density at radius 3 is 2.94 bits per heavy atom. The highest BCUT2D eigenvalue weighted by atomic mass is 16.2. The van der Waals surface area contributed by atoms with Gasteiger partial charge in [0.25, 0.3) is 0 Å². The number of nitrogens with one attached hydrogen (secondary N) is 1. The van der Waals surface area contributed by atoms with Crippen molar-refractivity contribution in [3.8, 4) is 0 Å². The third-order valence-corrected chi connectivity index (χ3v) is 3.85. The van der Waals surface area contributed by atoms with Gasteiger partial charge in [0.1, 0.15) is 0 Å². The molecule has 1 amide bonds. The molecule has 1 fully saturated rings. The van der Waals surface area contributed by atoms with Crippen LogP contribution in [0.25, 0.3) is 0 Å². The molecule has 3 rings (SSSR count). The van der Waals surface area contributed by atoms with Crippen molar-refractivity contribution < 1.29 is 4.79 Å². The van der Waals surface area contributed by atoms with Gasteiger partial charge in [0.2, 0.25) is 5.91 Å². The molecule has 3 nitrogen and oxygen atoms in total. The maximum absolute atomic E-state index is 12.1. The van der Waals surface area contributed by atoms with Crippen LogP contribution in [-0.4, -0.2) is 30.4 Å². The first-order chi connectivity index (χ1) is 8.25. The van der Waals surface area contributed by atoms with Gasteiger partial charge in [0, 0.05) is 37.7 Å². The van der Waals surface area contributed by atoms with Gasteiger partial charge in [0.15, 0.2) is 0 Å². The fraction of sp³-hybridized carbons (Fsp3) is 0.500. The van der Waals surface area contributed by atoms with Crippen molar-refractivity contribution in [3.05, 3.63) is 29.8 Å². The second-order valence-corrected chi connectivity index (χ2v) is 5.11. The number of fused-ring (bicyclic) bond motifs is 1. The number of benzene rings is 1. The predicted molar refractivity (Wildman–Crippen MR) is 68.1 cm³/mol. The lowest BCUT2D eigenvalue weighted by molar-refractivity contribution is -0.130. The molecule has 1 aromatic rings. The van der Waals surface area contributed by atoms with Crippen molar-refractivity contribution in [1.82, 2.24) is 4.90 Å². The number of carbonyl (C=O) groups excluding carboxylic acids is 1. The standard InChI is InChI=1S/C14H18N2O/c1-16(11-6-7-11)14(17)8-10-9-15-13-5-3-2-4-12(10)13/h2-5,10-11,15H,6-9H2,1H3. The van der Waals surface area contributed by atoms with Crippen LogP contribution in [0, 0.1) is 0 Å². The summed E-state index contributed by atoms with van der Waals surface area (Å²) in [6.45, 7) is 0.892. The van der Waals surface area contributed by atoms with Gasteiger partial charge in [0.05, 0.1) is 0 Å². The average molecular weight is 230 g/mol. The average Bonchev–Trinajstić information content (AvgIpc) is 3.12. The van der Waals surface area contributed by atoms with Crippen LogP contribution in [0.2, 0.25) is 0 Å². The van der Waals surface area contributed by atoms with Crippen LogP contribution in [0.5, 0.6) is 0 Å². The van der Waals surface area contributed by atoms with Crippen LogP contribution in [0.1, 0.15) is 30.7 Å². The first-order valence-electron chi connectivity index (χ1n) is 6.34. The summed E-state index contributed by atoms with van der Waals surface area (Å²) >= 11 is 0. The molecular formula is C14H18N2O. The van der Waals surface area contributed by atoms with E-state index in [9.17, 15) is 4.79 Å². The minimum absolute atomic E-state index is 0.288. The van der Waals surface area contributed by atoms with Crippen molar-refractivity contribution in [2.75, 3.05) is 18.9 Å². The van der Waals surface area contributed by atoms with Crippen LogP contribution < -0.4 is 5.32 Å². The van der Waals surface area contributed by atoms with Crippen LogP contribution in [0.15, 0.2) is 24.3 Å². The van der Waals surface area contributed by atoms with Gasteiger partial charge in [-0.2, -0.15) is 0 Å². The monoisotopic (exact) mass is 230 g/mol. The summed E-state index contributed by atoms with van der Waals surface area (Å²) in [6.07, 6.45) is 3.00. The van der Waals surface area contributed by atoms with Gasteiger partial charge in [-0.3, -0.25) is 4.79 Å². The Hall–Kier alpha value is -1.51. The number of para-hydroxylation sites is 1. The van der Waals surface area contributed by atoms with Crippen LogP contribution in [0.4, 0.5) is 5.69 Å². The molecule has 0 aromatic heterocycles. The first-order valence-corrected chi connectivity index (χ1v) is 6.34. The molecule has 0 radical (unpaired) electrons. The van der Waals surface area contributed by atoms with E-state index in [4.69, 9.17) is 0 Å². The quantitative estimate of drug-likeness (QED) is 0.863. The number of carbonyl (C=O) groups is 1. The van der Waals surface area contributed by atoms with Crippen molar-refractivity contribution in [2.24, 2.45) is 0 Å². The van der Waals surface area contributed by atoms with Gasteiger partial charge in [-0.25, -0.2) is 0 Å². The van der Waals surface area contributed by atoms with Crippen molar-refractivity contribution in [2.45, 2.75) is 31.2 Å². The molecule has 0 spiro atoms. The summed E-state index contributed by atoms with van der Waals surface area (Å²) in [7, 11) is 1.94. The molecule has 0 saturated heterocycles. The molecule has 90 valence electrons. The molecule has 0 bridgehead atoms. The molecule has 17 heavy (non-hydrogen) atoms. The molecule has 1 N–H and O–H groups in total. The van der Waals surface area contributed by atoms with E-state index in [0.29, 0.717) is 18.4 Å². The van der Waals surface area contributed by atoms with E-state index in [1.165, 1.54) is 24.1 Å². The van der Waals surface area contributed by atoms with E-state index in [-0.39, 0.29) is 5.91 Å². The summed E-state index contributed by atoms with van der Waals surface area (Å²) in [5.74, 6) is 0.635. The van der Waals surface area contributed by atoms with Gasteiger partial charge in [-0.15, -0.1) is 0 Å². The third-order valence-electron chi connectivity index (χ3n) is 3.85. The Bertz CT molecular complexity index is 440. The Labute approximate surface area is 102 Å². The highest BCUT2D eigenvalue weighted by Crippen LogP contribution is 2.34. The van der Waals surface area contributed by atoms with Crippen LogP contribution >= 0.6 is 0 Å². The van der Waals surface area contributed by atoms with Gasteiger partial charge >= 0.3 is 0 Å². The van der Waals surface area contributed by atoms with Gasteiger partial charge in [-0.05, 0) is 24.5 Å². The lowest BCUT2D eigenvalue weighted by Gasteiger charge is -2.18. The van der Waals surface area contributed by atoms with E-state index in [1.807, 2.05) is 24.1 Å². The molecule has 1 aliphatic carbocycles. The van der Waals surface area contributed by atoms with Crippen molar-refractivity contribution in [1.29, 1.82) is 0 Å². The SMILES string of the molecule is CN(C(=O)CC1CNc2ccccc21)C1CC1. The molecule has 1 aromatic carbocycles. The molecular weight excluding hydrogens is 212 g/mol. The maximum atomic E-state index is 12.1.